The number of halogens is 1. The number of hydrogen-bond acceptors (Lipinski definition) is 2. The highest BCUT2D eigenvalue weighted by molar-refractivity contribution is 9.10. The van der Waals surface area contributed by atoms with E-state index in [9.17, 15) is 4.79 Å². The van der Waals surface area contributed by atoms with Crippen molar-refractivity contribution in [1.29, 1.82) is 0 Å². The zero-order valence-corrected chi connectivity index (χ0v) is 11.8. The van der Waals surface area contributed by atoms with E-state index < -0.39 is 6.10 Å². The van der Waals surface area contributed by atoms with Crippen molar-refractivity contribution in [2.45, 2.75) is 13.0 Å². The minimum atomic E-state index is -0.497. The van der Waals surface area contributed by atoms with Crippen LogP contribution in [-0.2, 0) is 4.79 Å². The maximum atomic E-state index is 11.4. The van der Waals surface area contributed by atoms with Crippen molar-refractivity contribution < 1.29 is 9.53 Å². The summed E-state index contributed by atoms with van der Waals surface area (Å²) in [6, 6.07) is 11.8. The Morgan fingerprint density at radius 2 is 1.89 bits per heavy atom. The Hall–Kier alpha value is -1.55. The van der Waals surface area contributed by atoms with Gasteiger partial charge in [-0.2, -0.15) is 0 Å². The normalized spacial score (nSPS) is 12.2. The molecule has 4 heteroatoms. The van der Waals surface area contributed by atoms with Crippen LogP contribution in [0.1, 0.15) is 6.92 Å². The molecule has 1 N–H and O–H groups in total. The number of carbonyl (C=O) groups is 1. The Morgan fingerprint density at radius 3 is 2.61 bits per heavy atom. The second-order valence-corrected chi connectivity index (χ2v) is 4.94. The second-order valence-electron chi connectivity index (χ2n) is 4.03. The van der Waals surface area contributed by atoms with Crippen molar-refractivity contribution in [3.63, 3.8) is 0 Å². The number of nitrogens with one attached hydrogen (secondary N) is 1. The highest BCUT2D eigenvalue weighted by Crippen LogP contribution is 2.24. The van der Waals surface area contributed by atoms with E-state index in [4.69, 9.17) is 4.74 Å². The van der Waals surface area contributed by atoms with Crippen molar-refractivity contribution >= 4 is 32.6 Å². The molecule has 0 aliphatic heterocycles. The van der Waals surface area contributed by atoms with Gasteiger partial charge in [0, 0.05) is 11.5 Å². The lowest BCUT2D eigenvalue weighted by molar-refractivity contribution is -0.126. The standard InChI is InChI=1S/C14H14BrNO2/c1-9(14(17)16-2)18-13-6-4-10-7-12(15)5-3-11(10)8-13/h3-9H,1-2H3,(H,16,17). The Balaban J connectivity index is 2.25. The topological polar surface area (TPSA) is 38.3 Å². The third kappa shape index (κ3) is 2.82. The molecular formula is C14H14BrNO2. The summed E-state index contributed by atoms with van der Waals surface area (Å²) < 4.78 is 6.63. The average Bonchev–Trinajstić information content (AvgIpc) is 2.38. The summed E-state index contributed by atoms with van der Waals surface area (Å²) in [5, 5.41) is 4.77. The van der Waals surface area contributed by atoms with Gasteiger partial charge >= 0.3 is 0 Å². The molecule has 0 bridgehead atoms. The van der Waals surface area contributed by atoms with Crippen LogP contribution in [-0.4, -0.2) is 19.1 Å². The SMILES string of the molecule is CNC(=O)C(C)Oc1ccc2cc(Br)ccc2c1. The van der Waals surface area contributed by atoms with E-state index in [0.717, 1.165) is 15.2 Å². The highest BCUT2D eigenvalue weighted by Gasteiger charge is 2.12. The van der Waals surface area contributed by atoms with Gasteiger partial charge in [0.25, 0.3) is 5.91 Å². The predicted octanol–water partition coefficient (Wildman–Crippen LogP) is 3.12. The lowest BCUT2D eigenvalue weighted by Gasteiger charge is -2.13. The van der Waals surface area contributed by atoms with Crippen molar-refractivity contribution in [2.24, 2.45) is 0 Å². The number of ether oxygens (including phenoxy) is 1. The number of amides is 1. The van der Waals surface area contributed by atoms with Gasteiger partial charge in [0.2, 0.25) is 0 Å². The van der Waals surface area contributed by atoms with Crippen LogP contribution in [0.25, 0.3) is 10.8 Å². The summed E-state index contributed by atoms with van der Waals surface area (Å²) >= 11 is 3.44. The van der Waals surface area contributed by atoms with Gasteiger partial charge in [-0.3, -0.25) is 4.79 Å². The number of rotatable bonds is 3. The fourth-order valence-corrected chi connectivity index (χ4v) is 2.11. The molecule has 0 spiro atoms. The maximum Gasteiger partial charge on any atom is 0.260 e. The van der Waals surface area contributed by atoms with E-state index in [0.29, 0.717) is 5.75 Å². The maximum absolute atomic E-state index is 11.4. The molecular weight excluding hydrogens is 294 g/mol. The molecule has 0 aliphatic carbocycles. The van der Waals surface area contributed by atoms with Crippen molar-refractivity contribution in [2.75, 3.05) is 7.05 Å². The molecule has 2 aromatic rings. The van der Waals surface area contributed by atoms with E-state index in [2.05, 4.69) is 21.2 Å². The molecule has 0 fully saturated rings. The molecule has 94 valence electrons. The fourth-order valence-electron chi connectivity index (χ4n) is 1.73. The summed E-state index contributed by atoms with van der Waals surface area (Å²) in [7, 11) is 1.60. The van der Waals surface area contributed by atoms with Crippen molar-refractivity contribution in [1.82, 2.24) is 5.32 Å². The molecule has 1 atom stereocenters. The predicted molar refractivity (Wildman–Crippen MR) is 75.8 cm³/mol. The Bertz CT molecular complexity index is 583. The number of hydrogen-bond donors (Lipinski definition) is 1. The lowest BCUT2D eigenvalue weighted by Crippen LogP contribution is -2.33. The van der Waals surface area contributed by atoms with E-state index >= 15 is 0 Å². The van der Waals surface area contributed by atoms with Gasteiger partial charge in [0.15, 0.2) is 6.10 Å². The monoisotopic (exact) mass is 307 g/mol. The van der Waals surface area contributed by atoms with E-state index in [1.165, 1.54) is 0 Å². The van der Waals surface area contributed by atoms with Crippen LogP contribution in [0.15, 0.2) is 40.9 Å². The Morgan fingerprint density at radius 1 is 1.22 bits per heavy atom. The second kappa shape index (κ2) is 5.40. The molecule has 1 unspecified atom stereocenters. The molecule has 0 heterocycles. The molecule has 0 radical (unpaired) electrons. The van der Waals surface area contributed by atoms with Crippen LogP contribution in [0.2, 0.25) is 0 Å². The van der Waals surface area contributed by atoms with Crippen LogP contribution in [0.3, 0.4) is 0 Å². The first-order valence-electron chi connectivity index (χ1n) is 5.68. The highest BCUT2D eigenvalue weighted by atomic mass is 79.9. The van der Waals surface area contributed by atoms with E-state index in [1.54, 1.807) is 14.0 Å². The van der Waals surface area contributed by atoms with Gasteiger partial charge in [0.05, 0.1) is 0 Å². The number of fused-ring (bicyclic) bond motifs is 1. The molecule has 2 rings (SSSR count). The molecule has 0 saturated carbocycles. The van der Waals surface area contributed by atoms with Gasteiger partial charge in [-0.15, -0.1) is 0 Å². The third-order valence-electron chi connectivity index (χ3n) is 2.70. The summed E-state index contributed by atoms with van der Waals surface area (Å²) in [4.78, 5) is 11.4. The summed E-state index contributed by atoms with van der Waals surface area (Å²) in [5.41, 5.74) is 0. The quantitative estimate of drug-likeness (QED) is 0.946. The van der Waals surface area contributed by atoms with Crippen molar-refractivity contribution in [3.05, 3.63) is 40.9 Å². The number of carbonyl (C=O) groups excluding carboxylic acids is 1. The first kappa shape index (κ1) is 12.9. The van der Waals surface area contributed by atoms with Gasteiger partial charge in [-0.05, 0) is 42.0 Å². The summed E-state index contributed by atoms with van der Waals surface area (Å²) in [6.07, 6.45) is -0.497. The molecule has 2 aromatic carbocycles. The molecule has 18 heavy (non-hydrogen) atoms. The smallest absolute Gasteiger partial charge is 0.260 e. The molecule has 3 nitrogen and oxygen atoms in total. The zero-order chi connectivity index (χ0) is 13.1. The van der Waals surface area contributed by atoms with Gasteiger partial charge < -0.3 is 10.1 Å². The van der Waals surface area contributed by atoms with Crippen LogP contribution >= 0.6 is 15.9 Å². The Kier molecular flexibility index (Phi) is 3.87. The largest absolute Gasteiger partial charge is 0.481 e. The number of benzene rings is 2. The van der Waals surface area contributed by atoms with Crippen molar-refractivity contribution in [3.8, 4) is 5.75 Å². The number of likely N-dealkylation sites (N-methyl/N-ethyl adjacent to an activating group) is 1. The molecule has 0 saturated heterocycles. The lowest BCUT2D eigenvalue weighted by atomic mass is 10.1. The van der Waals surface area contributed by atoms with Crippen LogP contribution in [0.5, 0.6) is 5.75 Å². The van der Waals surface area contributed by atoms with Crippen LogP contribution in [0, 0.1) is 0 Å². The summed E-state index contributed by atoms with van der Waals surface area (Å²) in [6.45, 7) is 1.73. The molecule has 0 aromatic heterocycles. The first-order chi connectivity index (χ1) is 8.60. The van der Waals surface area contributed by atoms with Gasteiger partial charge in [0.1, 0.15) is 5.75 Å². The third-order valence-corrected chi connectivity index (χ3v) is 3.20. The van der Waals surface area contributed by atoms with Crippen LogP contribution < -0.4 is 10.1 Å². The minimum absolute atomic E-state index is 0.133. The molecule has 0 aliphatic rings. The first-order valence-corrected chi connectivity index (χ1v) is 6.47. The van der Waals surface area contributed by atoms with Crippen LogP contribution in [0.4, 0.5) is 0 Å². The van der Waals surface area contributed by atoms with E-state index in [-0.39, 0.29) is 5.91 Å². The summed E-state index contributed by atoms with van der Waals surface area (Å²) in [5.74, 6) is 0.562. The average molecular weight is 308 g/mol. The fraction of sp³-hybridized carbons (Fsp3) is 0.214. The van der Waals surface area contributed by atoms with Gasteiger partial charge in [-0.1, -0.05) is 28.1 Å². The van der Waals surface area contributed by atoms with Gasteiger partial charge in [-0.25, -0.2) is 0 Å². The zero-order valence-electron chi connectivity index (χ0n) is 10.2. The molecule has 1 amide bonds. The van der Waals surface area contributed by atoms with E-state index in [1.807, 2.05) is 36.4 Å². The minimum Gasteiger partial charge on any atom is -0.481 e. The Labute approximate surface area is 114 Å².